The van der Waals surface area contributed by atoms with Gasteiger partial charge >= 0.3 is 0 Å². The van der Waals surface area contributed by atoms with Gasteiger partial charge in [-0.3, -0.25) is 9.55 Å². The number of rotatable bonds is 8. The molecule has 0 aliphatic carbocycles. The summed E-state index contributed by atoms with van der Waals surface area (Å²) in [4.78, 5) is 9.53. The summed E-state index contributed by atoms with van der Waals surface area (Å²) in [5, 5.41) is 11.4. The van der Waals surface area contributed by atoms with Gasteiger partial charge in [0, 0.05) is 39.8 Å². The molecule has 0 aliphatic heterocycles. The van der Waals surface area contributed by atoms with Crippen LogP contribution in [0.15, 0.2) is 139 Å². The fourth-order valence-corrected chi connectivity index (χ4v) is 6.91. The van der Waals surface area contributed by atoms with Crippen molar-refractivity contribution in [2.24, 2.45) is 0 Å². The minimum atomic E-state index is -2.68. The summed E-state index contributed by atoms with van der Waals surface area (Å²) in [5.41, 5.74) is 4.53. The molecule has 0 fully saturated rings. The topological polar surface area (TPSA) is 50.9 Å². The standard InChI is InChI=1S/C53H50N3O.Pt/c1-33(2)39-26-40(34(3)4)28-41(27-39)37-21-22-48(35(5)25-37)56-49-19-14-18-45(51(49)55-52(56)46-17-12-13-20-50(46)57)42-29-43(31-44(30-42)53(6,7)8)47-32-38(23-24-54-47)36-15-10-9-11-16-36;/h9-28,30-34,57H,1-8H3;/q-1;/i5D3,9D,10D,11D,15D,16D,23D,24D,32D,33D,34D;. The second-order valence-corrected chi connectivity index (χ2v) is 15.6. The molecule has 1 N–H and O–H groups in total. The summed E-state index contributed by atoms with van der Waals surface area (Å²) in [7, 11) is 0. The van der Waals surface area contributed by atoms with Gasteiger partial charge in [-0.15, -0.1) is 29.3 Å². The van der Waals surface area contributed by atoms with E-state index in [0.717, 1.165) is 5.56 Å². The first-order valence-corrected chi connectivity index (χ1v) is 18.7. The van der Waals surface area contributed by atoms with Gasteiger partial charge in [0.15, 0.2) is 0 Å². The molecule has 0 atom stereocenters. The minimum absolute atomic E-state index is 0. The molecule has 6 aromatic carbocycles. The number of hydrogen-bond acceptors (Lipinski definition) is 3. The summed E-state index contributed by atoms with van der Waals surface area (Å²) in [6.07, 6.45) is -0.582. The van der Waals surface area contributed by atoms with Crippen LogP contribution >= 0.6 is 0 Å². The first kappa shape index (κ1) is 27.2. The molecular weight excluding hydrogens is 890 g/mol. The first-order valence-electron chi connectivity index (χ1n) is 25.2. The van der Waals surface area contributed by atoms with E-state index in [9.17, 15) is 6.48 Å². The van der Waals surface area contributed by atoms with E-state index in [0.29, 0.717) is 50.0 Å². The molecule has 0 unspecified atom stereocenters. The van der Waals surface area contributed by atoms with Crippen LogP contribution in [0.3, 0.4) is 0 Å². The van der Waals surface area contributed by atoms with Gasteiger partial charge in [-0.25, -0.2) is 4.98 Å². The van der Waals surface area contributed by atoms with E-state index in [1.54, 1.807) is 86.9 Å². The van der Waals surface area contributed by atoms with Gasteiger partial charge < -0.3 is 5.11 Å². The van der Waals surface area contributed by atoms with E-state index in [2.05, 4.69) is 11.1 Å². The number of para-hydroxylation sites is 2. The second kappa shape index (κ2) is 16.4. The van der Waals surface area contributed by atoms with Crippen LogP contribution in [0, 0.1) is 12.9 Å². The third-order valence-electron chi connectivity index (χ3n) is 10.1. The first-order chi connectivity index (χ1) is 32.5. The van der Waals surface area contributed by atoms with Crippen LogP contribution in [-0.2, 0) is 26.5 Å². The monoisotopic (exact) mass is 952 g/mol. The number of nitrogens with zero attached hydrogens (tertiary/aromatic N) is 3. The zero-order valence-electron chi connectivity index (χ0n) is 46.3. The fourth-order valence-electron chi connectivity index (χ4n) is 6.91. The van der Waals surface area contributed by atoms with Crippen molar-refractivity contribution in [1.82, 2.24) is 14.5 Å². The molecule has 5 heteroatoms. The Labute approximate surface area is 376 Å². The maximum absolute atomic E-state index is 11.4. The quantitative estimate of drug-likeness (QED) is 0.154. The van der Waals surface area contributed by atoms with Crippen molar-refractivity contribution in [3.05, 3.63) is 168 Å². The molecule has 58 heavy (non-hydrogen) atoms. The Morgan fingerprint density at radius 3 is 2.14 bits per heavy atom. The van der Waals surface area contributed by atoms with Crippen molar-refractivity contribution in [3.63, 3.8) is 0 Å². The Kier molecular flexibility index (Phi) is 7.66. The summed E-state index contributed by atoms with van der Waals surface area (Å²) >= 11 is 0. The molecule has 0 saturated heterocycles. The van der Waals surface area contributed by atoms with Gasteiger partial charge in [0.25, 0.3) is 0 Å². The molecule has 0 saturated carbocycles. The third-order valence-corrected chi connectivity index (χ3v) is 10.1. The average Bonchev–Trinajstić information content (AvgIpc) is 3.68. The number of benzene rings is 6. The predicted octanol–water partition coefficient (Wildman–Crippen LogP) is 14.1. The van der Waals surface area contributed by atoms with Gasteiger partial charge in [0.05, 0.1) is 33.3 Å². The van der Waals surface area contributed by atoms with E-state index in [-0.39, 0.29) is 60.7 Å². The SMILES string of the molecule is [2H]c1nc(-c2[c-]c(-c3cccc4c3nc(-c3ccccc3O)n4-c3ccc(-c4cc(C([2H])(C)C)cc(C([2H])(C)C)c4)cc3C([2H])([2H])[2H])cc(C(C)(C)C)c2)c([2H])c(-c2c([2H])c([2H])c([2H])c([2H])c2[2H])c1[2H].[Pt]. The Morgan fingerprint density at radius 2 is 1.45 bits per heavy atom. The van der Waals surface area contributed by atoms with E-state index in [1.165, 1.54) is 6.07 Å². The molecule has 0 bridgehead atoms. The van der Waals surface area contributed by atoms with Crippen molar-refractivity contribution in [3.8, 4) is 67.5 Å². The van der Waals surface area contributed by atoms with Crippen LogP contribution in [0.1, 0.15) is 100 Å². The molecule has 8 rings (SSSR count). The number of pyridine rings is 1. The third kappa shape index (κ3) is 7.96. The Bertz CT molecular complexity index is 3380. The Balaban J connectivity index is 0.00000741. The molecule has 4 nitrogen and oxygen atoms in total. The van der Waals surface area contributed by atoms with E-state index >= 15 is 0 Å². The average molecular weight is 953 g/mol. The molecule has 0 aliphatic rings. The number of aromatic hydroxyl groups is 1. The van der Waals surface area contributed by atoms with Crippen molar-refractivity contribution in [1.29, 1.82) is 0 Å². The molecule has 0 amide bonds. The van der Waals surface area contributed by atoms with Crippen LogP contribution in [0.25, 0.3) is 72.7 Å². The molecular formula is C53H50N3OPt-. The van der Waals surface area contributed by atoms with Crippen LogP contribution < -0.4 is 0 Å². The van der Waals surface area contributed by atoms with Crippen LogP contribution in [0.2, 0.25) is 0 Å². The summed E-state index contributed by atoms with van der Waals surface area (Å²) in [6.45, 7) is 10.3. The largest absolute Gasteiger partial charge is 0.507 e. The van der Waals surface area contributed by atoms with Crippen molar-refractivity contribution in [2.75, 3.05) is 0 Å². The van der Waals surface area contributed by atoms with Gasteiger partial charge in [-0.2, -0.15) is 0 Å². The van der Waals surface area contributed by atoms with E-state index in [4.69, 9.17) is 21.4 Å². The van der Waals surface area contributed by atoms with Crippen molar-refractivity contribution in [2.45, 2.75) is 72.5 Å². The zero-order valence-corrected chi connectivity index (χ0v) is 35.5. The predicted molar refractivity (Wildman–Crippen MR) is 238 cm³/mol. The zero-order chi connectivity index (χ0) is 51.3. The molecule has 2 aromatic heterocycles. The fraction of sp³-hybridized carbons (Fsp3) is 0.208. The van der Waals surface area contributed by atoms with E-state index in [1.807, 2.05) is 51.1 Å². The maximum atomic E-state index is 11.4. The van der Waals surface area contributed by atoms with Crippen LogP contribution in [-0.4, -0.2) is 19.6 Å². The molecule has 0 radical (unpaired) electrons. The second-order valence-electron chi connectivity index (χ2n) is 15.6. The maximum Gasteiger partial charge on any atom is 0.148 e. The number of aryl methyl sites for hydroxylation is 1. The van der Waals surface area contributed by atoms with Gasteiger partial charge in [0.2, 0.25) is 0 Å². The summed E-state index contributed by atoms with van der Waals surface area (Å²) in [5.74, 6) is -1.90. The Morgan fingerprint density at radius 1 is 0.741 bits per heavy atom. The smallest absolute Gasteiger partial charge is 0.148 e. The van der Waals surface area contributed by atoms with Crippen LogP contribution in [0.4, 0.5) is 0 Å². The minimum Gasteiger partial charge on any atom is -0.507 e. The van der Waals surface area contributed by atoms with Gasteiger partial charge in [-0.1, -0.05) is 144 Å². The molecule has 294 valence electrons. The number of imidazole rings is 1. The summed E-state index contributed by atoms with van der Waals surface area (Å²) in [6, 6.07) is 25.5. The number of phenolic OH excluding ortho intramolecular Hbond substituents is 1. The van der Waals surface area contributed by atoms with Gasteiger partial charge in [0.1, 0.15) is 11.6 Å². The summed E-state index contributed by atoms with van der Waals surface area (Å²) < 4.78 is 115. The molecule has 0 spiro atoms. The number of aromatic nitrogens is 3. The van der Waals surface area contributed by atoms with Crippen molar-refractivity contribution >= 4 is 11.0 Å². The Hall–Kier alpha value is -5.57. The molecule has 8 aromatic rings. The van der Waals surface area contributed by atoms with Gasteiger partial charge in [-0.05, 0) is 99.4 Å². The van der Waals surface area contributed by atoms with E-state index < -0.39 is 78.1 Å². The number of fused-ring (bicyclic) bond motifs is 1. The number of phenols is 1. The normalized spacial score (nSPS) is 15.5. The number of hydrogen-bond donors (Lipinski definition) is 1. The van der Waals surface area contributed by atoms with Crippen LogP contribution in [0.5, 0.6) is 5.75 Å². The molecule has 2 heterocycles. The van der Waals surface area contributed by atoms with Crippen molar-refractivity contribution < 1.29 is 44.0 Å².